The number of benzene rings is 1. The summed E-state index contributed by atoms with van der Waals surface area (Å²) in [4.78, 5) is 72.3. The van der Waals surface area contributed by atoms with Gasteiger partial charge in [0.1, 0.15) is 37.6 Å². The Kier molecular flexibility index (Phi) is 14.5. The summed E-state index contributed by atoms with van der Waals surface area (Å²) >= 11 is 6.63. The Morgan fingerprint density at radius 2 is 1.02 bits per heavy atom. The Bertz CT molecular complexity index is 1290. The maximum Gasteiger partial charge on any atom is 0.303 e. The van der Waals surface area contributed by atoms with E-state index in [1.54, 1.807) is 30.3 Å². The topological polar surface area (TPSA) is 195 Å². The molecule has 0 bridgehead atoms. The summed E-state index contributed by atoms with van der Waals surface area (Å²) in [6, 6.07) is 8.87. The molecule has 2 fully saturated rings. The second kappa shape index (κ2) is 18.1. The Morgan fingerprint density at radius 1 is 0.583 bits per heavy atom. The van der Waals surface area contributed by atoms with Gasteiger partial charge in [-0.05, 0) is 5.56 Å². The van der Waals surface area contributed by atoms with E-state index in [1.165, 1.54) is 0 Å². The highest BCUT2D eigenvalue weighted by Gasteiger charge is 2.56. The molecule has 3 rings (SSSR count). The summed E-state index contributed by atoms with van der Waals surface area (Å²) in [7, 11) is 0. The molecule has 2 saturated heterocycles. The summed E-state index contributed by atoms with van der Waals surface area (Å²) in [5.74, 6) is -4.52. The van der Waals surface area contributed by atoms with Crippen molar-refractivity contribution in [2.75, 3.05) is 13.2 Å². The predicted octanol–water partition coefficient (Wildman–Crippen LogP) is 1.50. The van der Waals surface area contributed by atoms with Crippen molar-refractivity contribution in [3.63, 3.8) is 0 Å². The summed E-state index contributed by atoms with van der Waals surface area (Å²) < 4.78 is 56.8. The molecule has 2 heterocycles. The fraction of sp³-hybridized carbons (Fsp3) is 0.613. The highest BCUT2D eigenvalue weighted by atomic mass is 35.5. The molecule has 0 aliphatic carbocycles. The maximum atomic E-state index is 12.4. The number of ether oxygens (including phenoxy) is 10. The van der Waals surface area contributed by atoms with E-state index in [9.17, 15) is 28.8 Å². The predicted molar refractivity (Wildman–Crippen MR) is 159 cm³/mol. The SMILES string of the molecule is CC(=O)OC[C@H]1O[C@H](Cl)[C@H](O[C@H]2O[C@H](COC(C)=O)[C@@H](OC(C)=O)[C@H](OC(C)=O)[C@H]2OCc2ccccc2)[C@@H](OC(C)=O)[C@@H]1OC(C)=O. The van der Waals surface area contributed by atoms with Crippen LogP contribution in [0.1, 0.15) is 47.1 Å². The molecular weight excluding hydrogens is 664 g/mol. The number of hydrogen-bond acceptors (Lipinski definition) is 16. The number of hydrogen-bond donors (Lipinski definition) is 0. The van der Waals surface area contributed by atoms with Crippen molar-refractivity contribution in [3.05, 3.63) is 35.9 Å². The average Bonchev–Trinajstić information content (AvgIpc) is 2.98. The zero-order valence-corrected chi connectivity index (χ0v) is 27.9. The molecule has 0 N–H and O–H groups in total. The van der Waals surface area contributed by atoms with Crippen LogP contribution < -0.4 is 0 Å². The van der Waals surface area contributed by atoms with Crippen LogP contribution in [0.25, 0.3) is 0 Å². The van der Waals surface area contributed by atoms with Crippen LogP contribution in [-0.2, 0) is 82.7 Å². The molecule has 1 aromatic carbocycles. The van der Waals surface area contributed by atoms with Crippen molar-refractivity contribution in [3.8, 4) is 0 Å². The standard InChI is InChI=1S/C31H39ClO16/c1-15(33)39-13-22-24(42-17(3)35)26(44-19(5)37)28(30(32)46-22)48-31-29(41-12-21-10-8-7-9-11-21)27(45-20(6)38)25(43-18(4)36)23(47-31)14-40-16(2)34/h7-11,22-31H,12-14H2,1-6H3/t22-,23-,24-,25-,26+,27+,28-,29-,30+,31-/m1/s1. The van der Waals surface area contributed by atoms with Gasteiger partial charge in [0.15, 0.2) is 36.3 Å². The highest BCUT2D eigenvalue weighted by Crippen LogP contribution is 2.36. The van der Waals surface area contributed by atoms with E-state index in [-0.39, 0.29) is 6.61 Å². The van der Waals surface area contributed by atoms with Gasteiger partial charge in [0.25, 0.3) is 0 Å². The van der Waals surface area contributed by atoms with Gasteiger partial charge in [-0.15, -0.1) is 0 Å². The van der Waals surface area contributed by atoms with Gasteiger partial charge in [0.05, 0.1) is 6.61 Å². The lowest BCUT2D eigenvalue weighted by molar-refractivity contribution is -0.344. The highest BCUT2D eigenvalue weighted by molar-refractivity contribution is 6.20. The van der Waals surface area contributed by atoms with Crippen LogP contribution in [0.15, 0.2) is 30.3 Å². The van der Waals surface area contributed by atoms with E-state index < -0.39 is 110 Å². The summed E-state index contributed by atoms with van der Waals surface area (Å²) in [6.45, 7) is 5.78. The van der Waals surface area contributed by atoms with Gasteiger partial charge in [-0.2, -0.15) is 0 Å². The molecule has 48 heavy (non-hydrogen) atoms. The van der Waals surface area contributed by atoms with E-state index >= 15 is 0 Å². The smallest absolute Gasteiger partial charge is 0.303 e. The molecule has 1 aromatic rings. The van der Waals surface area contributed by atoms with Gasteiger partial charge in [-0.25, -0.2) is 0 Å². The second-order valence-corrected chi connectivity index (χ2v) is 11.3. The van der Waals surface area contributed by atoms with Gasteiger partial charge in [0, 0.05) is 41.5 Å². The van der Waals surface area contributed by atoms with Gasteiger partial charge in [-0.1, -0.05) is 41.9 Å². The molecule has 0 saturated carbocycles. The minimum atomic E-state index is -1.57. The lowest BCUT2D eigenvalue weighted by atomic mass is 9.96. The van der Waals surface area contributed by atoms with Gasteiger partial charge in [0.2, 0.25) is 0 Å². The fourth-order valence-electron chi connectivity index (χ4n) is 5.08. The molecule has 0 aromatic heterocycles. The van der Waals surface area contributed by atoms with Crippen LogP contribution in [0.5, 0.6) is 0 Å². The third-order valence-corrected chi connectivity index (χ3v) is 7.21. The van der Waals surface area contributed by atoms with Crippen LogP contribution in [0.3, 0.4) is 0 Å². The normalized spacial score (nSPS) is 29.9. The first-order valence-electron chi connectivity index (χ1n) is 14.9. The van der Waals surface area contributed by atoms with Crippen molar-refractivity contribution < 1.29 is 76.1 Å². The van der Waals surface area contributed by atoms with Gasteiger partial charge < -0.3 is 47.4 Å². The molecule has 16 nitrogen and oxygen atoms in total. The van der Waals surface area contributed by atoms with Crippen molar-refractivity contribution in [2.24, 2.45) is 0 Å². The maximum absolute atomic E-state index is 12.4. The first-order chi connectivity index (χ1) is 22.7. The van der Waals surface area contributed by atoms with Gasteiger partial charge in [-0.3, -0.25) is 28.8 Å². The second-order valence-electron chi connectivity index (χ2n) is 10.8. The average molecular weight is 703 g/mol. The zero-order chi connectivity index (χ0) is 35.5. The molecular formula is C31H39ClO16. The first-order valence-corrected chi connectivity index (χ1v) is 15.3. The quantitative estimate of drug-likeness (QED) is 0.163. The molecule has 266 valence electrons. The summed E-state index contributed by atoms with van der Waals surface area (Å²) in [5, 5.41) is 0. The van der Waals surface area contributed by atoms with E-state index in [0.29, 0.717) is 5.56 Å². The van der Waals surface area contributed by atoms with Crippen molar-refractivity contribution >= 4 is 47.4 Å². The molecule has 10 atom stereocenters. The monoisotopic (exact) mass is 702 g/mol. The Labute approximate surface area is 281 Å². The number of esters is 6. The van der Waals surface area contributed by atoms with Crippen LogP contribution in [0, 0.1) is 0 Å². The molecule has 0 unspecified atom stereocenters. The van der Waals surface area contributed by atoms with Crippen LogP contribution in [-0.4, -0.2) is 110 Å². The molecule has 0 spiro atoms. The zero-order valence-electron chi connectivity index (χ0n) is 27.2. The molecule has 17 heteroatoms. The minimum Gasteiger partial charge on any atom is -0.463 e. The largest absolute Gasteiger partial charge is 0.463 e. The third kappa shape index (κ3) is 11.4. The summed E-state index contributed by atoms with van der Waals surface area (Å²) in [5.41, 5.74) is -0.758. The van der Waals surface area contributed by atoms with Crippen molar-refractivity contribution in [1.29, 1.82) is 0 Å². The van der Waals surface area contributed by atoms with Gasteiger partial charge >= 0.3 is 35.8 Å². The molecule has 0 amide bonds. The first kappa shape index (κ1) is 38.6. The van der Waals surface area contributed by atoms with Crippen molar-refractivity contribution in [1.82, 2.24) is 0 Å². The van der Waals surface area contributed by atoms with E-state index in [4.69, 9.17) is 59.0 Å². The number of carbonyl (C=O) groups is 6. The number of alkyl halides is 1. The van der Waals surface area contributed by atoms with E-state index in [1.807, 2.05) is 0 Å². The lowest BCUT2D eigenvalue weighted by Crippen LogP contribution is -2.66. The molecule has 0 radical (unpaired) electrons. The fourth-order valence-corrected chi connectivity index (χ4v) is 5.42. The van der Waals surface area contributed by atoms with Crippen LogP contribution >= 0.6 is 11.6 Å². The number of rotatable bonds is 13. The number of carbonyl (C=O) groups excluding carboxylic acids is 6. The van der Waals surface area contributed by atoms with Crippen molar-refractivity contribution in [2.45, 2.75) is 109 Å². The Morgan fingerprint density at radius 3 is 1.48 bits per heavy atom. The van der Waals surface area contributed by atoms with E-state index in [0.717, 1.165) is 41.5 Å². The summed E-state index contributed by atoms with van der Waals surface area (Å²) in [6.07, 6.45) is -12.5. The third-order valence-electron chi connectivity index (χ3n) is 6.85. The van der Waals surface area contributed by atoms with Crippen LogP contribution in [0.4, 0.5) is 0 Å². The Balaban J connectivity index is 2.08. The Hall–Kier alpha value is -3.83. The molecule has 2 aliphatic rings. The molecule has 2 aliphatic heterocycles. The number of halogens is 1. The van der Waals surface area contributed by atoms with Crippen LogP contribution in [0.2, 0.25) is 0 Å². The lowest BCUT2D eigenvalue weighted by Gasteiger charge is -2.48. The minimum absolute atomic E-state index is 0.0761. The van der Waals surface area contributed by atoms with E-state index in [2.05, 4.69) is 0 Å².